The lowest BCUT2D eigenvalue weighted by Crippen LogP contribution is -2.23. The fourth-order valence-electron chi connectivity index (χ4n) is 2.98. The number of fused-ring (bicyclic) bond motifs is 2. The van der Waals surface area contributed by atoms with E-state index >= 15 is 0 Å². The second-order valence-corrected chi connectivity index (χ2v) is 7.38. The SMILES string of the molecule is COc1cccc(CNC(=O)c2ccc3c(c2)NC(=O)c2ccccc2S3)c1. The van der Waals surface area contributed by atoms with Gasteiger partial charge in [-0.25, -0.2) is 0 Å². The highest BCUT2D eigenvalue weighted by Gasteiger charge is 2.20. The Morgan fingerprint density at radius 2 is 1.89 bits per heavy atom. The van der Waals surface area contributed by atoms with Gasteiger partial charge < -0.3 is 15.4 Å². The Hall–Kier alpha value is -3.25. The lowest BCUT2D eigenvalue weighted by atomic mass is 10.1. The molecule has 2 amide bonds. The molecule has 28 heavy (non-hydrogen) atoms. The van der Waals surface area contributed by atoms with Gasteiger partial charge >= 0.3 is 0 Å². The van der Waals surface area contributed by atoms with Crippen LogP contribution in [0.4, 0.5) is 5.69 Å². The molecule has 3 aromatic carbocycles. The minimum atomic E-state index is -0.202. The first kappa shape index (κ1) is 18.1. The monoisotopic (exact) mass is 390 g/mol. The maximum Gasteiger partial charge on any atom is 0.256 e. The summed E-state index contributed by atoms with van der Waals surface area (Å²) in [6.45, 7) is 0.389. The zero-order chi connectivity index (χ0) is 19.5. The normalized spacial score (nSPS) is 12.2. The summed E-state index contributed by atoms with van der Waals surface area (Å²) in [7, 11) is 1.61. The van der Waals surface area contributed by atoms with Gasteiger partial charge in [0, 0.05) is 21.9 Å². The van der Waals surface area contributed by atoms with E-state index in [9.17, 15) is 9.59 Å². The molecule has 0 aromatic heterocycles. The first-order chi connectivity index (χ1) is 13.6. The Morgan fingerprint density at radius 3 is 2.75 bits per heavy atom. The van der Waals surface area contributed by atoms with E-state index in [1.165, 1.54) is 11.8 Å². The van der Waals surface area contributed by atoms with E-state index in [1.54, 1.807) is 25.3 Å². The molecular formula is C22H18N2O3S. The lowest BCUT2D eigenvalue weighted by Gasteiger charge is -2.10. The average molecular weight is 390 g/mol. The molecule has 3 aromatic rings. The van der Waals surface area contributed by atoms with Gasteiger partial charge in [-0.1, -0.05) is 36.0 Å². The van der Waals surface area contributed by atoms with Crippen LogP contribution in [-0.4, -0.2) is 18.9 Å². The largest absolute Gasteiger partial charge is 0.497 e. The summed E-state index contributed by atoms with van der Waals surface area (Å²) in [5.74, 6) is 0.374. The van der Waals surface area contributed by atoms with E-state index in [-0.39, 0.29) is 11.8 Å². The van der Waals surface area contributed by atoms with Gasteiger partial charge in [0.15, 0.2) is 0 Å². The third kappa shape index (κ3) is 3.73. The van der Waals surface area contributed by atoms with Crippen LogP contribution >= 0.6 is 11.8 Å². The maximum atomic E-state index is 12.6. The predicted octanol–water partition coefficient (Wildman–Crippen LogP) is 4.34. The van der Waals surface area contributed by atoms with Crippen LogP contribution in [0.25, 0.3) is 0 Å². The number of carbonyl (C=O) groups excluding carboxylic acids is 2. The van der Waals surface area contributed by atoms with Gasteiger partial charge in [0.1, 0.15) is 5.75 Å². The average Bonchev–Trinajstić information content (AvgIpc) is 2.87. The Kier molecular flexibility index (Phi) is 5.04. The van der Waals surface area contributed by atoms with Gasteiger partial charge in [-0.3, -0.25) is 9.59 Å². The summed E-state index contributed by atoms with van der Waals surface area (Å²) in [6, 6.07) is 20.4. The fourth-order valence-corrected chi connectivity index (χ4v) is 3.99. The fraction of sp³-hybridized carbons (Fsp3) is 0.0909. The van der Waals surface area contributed by atoms with Gasteiger partial charge in [0.05, 0.1) is 18.4 Å². The van der Waals surface area contributed by atoms with Crippen LogP contribution in [0.2, 0.25) is 0 Å². The summed E-state index contributed by atoms with van der Waals surface area (Å²) >= 11 is 1.51. The number of hydrogen-bond acceptors (Lipinski definition) is 4. The number of nitrogens with one attached hydrogen (secondary N) is 2. The summed E-state index contributed by atoms with van der Waals surface area (Å²) in [5, 5.41) is 5.81. The Bertz CT molecular complexity index is 1070. The minimum Gasteiger partial charge on any atom is -0.497 e. The number of carbonyl (C=O) groups is 2. The van der Waals surface area contributed by atoms with E-state index in [0.29, 0.717) is 23.4 Å². The molecule has 0 fully saturated rings. The van der Waals surface area contributed by atoms with Crippen molar-refractivity contribution in [1.82, 2.24) is 5.32 Å². The van der Waals surface area contributed by atoms with Crippen LogP contribution in [0.1, 0.15) is 26.3 Å². The third-order valence-electron chi connectivity index (χ3n) is 4.43. The second kappa shape index (κ2) is 7.78. The molecule has 0 saturated carbocycles. The molecule has 0 spiro atoms. The van der Waals surface area contributed by atoms with Gasteiger partial charge in [0.2, 0.25) is 0 Å². The van der Waals surface area contributed by atoms with Crippen molar-refractivity contribution in [3.63, 3.8) is 0 Å². The van der Waals surface area contributed by atoms with Crippen LogP contribution in [0.3, 0.4) is 0 Å². The molecule has 0 atom stereocenters. The first-order valence-electron chi connectivity index (χ1n) is 8.77. The Morgan fingerprint density at radius 1 is 1.04 bits per heavy atom. The molecule has 0 saturated heterocycles. The summed E-state index contributed by atoms with van der Waals surface area (Å²) in [5.41, 5.74) is 2.71. The van der Waals surface area contributed by atoms with Crippen molar-refractivity contribution in [3.8, 4) is 5.75 Å². The maximum absolute atomic E-state index is 12.6. The molecule has 1 aliphatic heterocycles. The van der Waals surface area contributed by atoms with Crippen molar-refractivity contribution in [2.24, 2.45) is 0 Å². The molecule has 5 nitrogen and oxygen atoms in total. The van der Waals surface area contributed by atoms with E-state index < -0.39 is 0 Å². The predicted molar refractivity (Wildman–Crippen MR) is 109 cm³/mol. The van der Waals surface area contributed by atoms with E-state index in [4.69, 9.17) is 4.74 Å². The zero-order valence-corrected chi connectivity index (χ0v) is 16.0. The molecule has 6 heteroatoms. The highest BCUT2D eigenvalue weighted by atomic mass is 32.2. The van der Waals surface area contributed by atoms with Gasteiger partial charge in [-0.05, 0) is 48.0 Å². The van der Waals surface area contributed by atoms with E-state index in [1.807, 2.05) is 48.5 Å². The third-order valence-corrected chi connectivity index (χ3v) is 5.58. The molecule has 1 aliphatic rings. The smallest absolute Gasteiger partial charge is 0.256 e. The Labute approximate surface area is 167 Å². The van der Waals surface area contributed by atoms with E-state index in [2.05, 4.69) is 10.6 Å². The van der Waals surface area contributed by atoms with Gasteiger partial charge in [-0.2, -0.15) is 0 Å². The van der Waals surface area contributed by atoms with E-state index in [0.717, 1.165) is 21.1 Å². The first-order valence-corrected chi connectivity index (χ1v) is 9.59. The molecule has 0 bridgehead atoms. The molecular weight excluding hydrogens is 372 g/mol. The Balaban J connectivity index is 1.52. The van der Waals surface area contributed by atoms with Crippen LogP contribution in [0.5, 0.6) is 5.75 Å². The van der Waals surface area contributed by atoms with Gasteiger partial charge in [0.25, 0.3) is 11.8 Å². The quantitative estimate of drug-likeness (QED) is 0.695. The highest BCUT2D eigenvalue weighted by Crippen LogP contribution is 2.38. The van der Waals surface area contributed by atoms with Crippen molar-refractivity contribution in [3.05, 3.63) is 83.4 Å². The number of methoxy groups -OCH3 is 1. The van der Waals surface area contributed by atoms with Crippen molar-refractivity contribution in [2.45, 2.75) is 16.3 Å². The molecule has 4 rings (SSSR count). The topological polar surface area (TPSA) is 67.4 Å². The number of ether oxygens (including phenoxy) is 1. The number of hydrogen-bond donors (Lipinski definition) is 2. The van der Waals surface area contributed by atoms with Crippen molar-refractivity contribution in [2.75, 3.05) is 12.4 Å². The lowest BCUT2D eigenvalue weighted by molar-refractivity contribution is 0.0949. The zero-order valence-electron chi connectivity index (χ0n) is 15.2. The summed E-state index contributed by atoms with van der Waals surface area (Å²) in [6.07, 6.45) is 0. The van der Waals surface area contributed by atoms with Crippen molar-refractivity contribution in [1.29, 1.82) is 0 Å². The van der Waals surface area contributed by atoms with Crippen molar-refractivity contribution >= 4 is 29.3 Å². The molecule has 0 radical (unpaired) electrons. The number of benzene rings is 3. The van der Waals surface area contributed by atoms with Crippen LogP contribution in [0.15, 0.2) is 76.5 Å². The molecule has 1 heterocycles. The number of rotatable bonds is 4. The molecule has 0 unspecified atom stereocenters. The van der Waals surface area contributed by atoms with Crippen LogP contribution in [-0.2, 0) is 6.54 Å². The van der Waals surface area contributed by atoms with Crippen LogP contribution in [0, 0.1) is 0 Å². The second-order valence-electron chi connectivity index (χ2n) is 6.30. The molecule has 2 N–H and O–H groups in total. The standard InChI is InChI=1S/C22H18N2O3S/c1-27-16-6-4-5-14(11-16)13-23-21(25)15-9-10-20-18(12-15)24-22(26)17-7-2-3-8-19(17)28-20/h2-12H,13H2,1H3,(H,23,25)(H,24,26). The summed E-state index contributed by atoms with van der Waals surface area (Å²) < 4.78 is 5.20. The summed E-state index contributed by atoms with van der Waals surface area (Å²) in [4.78, 5) is 26.9. The number of anilines is 1. The molecule has 0 aliphatic carbocycles. The minimum absolute atomic E-state index is 0.171. The number of amides is 2. The molecule has 140 valence electrons. The van der Waals surface area contributed by atoms with Crippen LogP contribution < -0.4 is 15.4 Å². The van der Waals surface area contributed by atoms with Crippen molar-refractivity contribution < 1.29 is 14.3 Å². The van der Waals surface area contributed by atoms with Gasteiger partial charge in [-0.15, -0.1) is 0 Å². The highest BCUT2D eigenvalue weighted by molar-refractivity contribution is 7.99.